The predicted molar refractivity (Wildman–Crippen MR) is 125 cm³/mol. The standard InChI is InChI=1S/C26H29NOP.HI/c1-22(28)27-19-17-23(18-20-27)21-29(24-11-5-2-6-12-24,25-13-7-3-8-14-25)26-15-9-4-10-16-26;/h2-16,23H,17-21H2,1H3;1H/q+1;/p-1. The molecule has 0 atom stereocenters. The molecule has 1 heterocycles. The van der Waals surface area contributed by atoms with Crippen molar-refractivity contribution in [2.75, 3.05) is 19.3 Å². The SMILES string of the molecule is CC(=O)N1CCC(C[P+](c2ccccc2)(c2ccccc2)c2ccccc2)CC1.[I-]. The zero-order chi connectivity index (χ0) is 20.1. The maximum absolute atomic E-state index is 11.8. The normalized spacial score (nSPS) is 14.8. The van der Waals surface area contributed by atoms with Gasteiger partial charge in [-0.2, -0.15) is 0 Å². The maximum Gasteiger partial charge on any atom is 0.219 e. The molecule has 0 bridgehead atoms. The van der Waals surface area contributed by atoms with Crippen LogP contribution >= 0.6 is 7.26 Å². The van der Waals surface area contributed by atoms with Crippen LogP contribution in [0, 0.1) is 5.92 Å². The molecule has 0 spiro atoms. The van der Waals surface area contributed by atoms with Crippen LogP contribution < -0.4 is 39.9 Å². The Hall–Kier alpha value is -1.71. The first-order valence-electron chi connectivity index (χ1n) is 10.5. The van der Waals surface area contributed by atoms with Crippen molar-refractivity contribution in [3.63, 3.8) is 0 Å². The highest BCUT2D eigenvalue weighted by molar-refractivity contribution is 7.95. The van der Waals surface area contributed by atoms with E-state index in [4.69, 9.17) is 0 Å². The number of benzene rings is 3. The van der Waals surface area contributed by atoms with Gasteiger partial charge < -0.3 is 28.9 Å². The van der Waals surface area contributed by atoms with Crippen LogP contribution in [-0.4, -0.2) is 30.1 Å². The van der Waals surface area contributed by atoms with Crippen molar-refractivity contribution in [2.45, 2.75) is 19.8 Å². The molecule has 4 rings (SSSR count). The lowest BCUT2D eigenvalue weighted by Crippen LogP contribution is -3.00. The van der Waals surface area contributed by atoms with Crippen LogP contribution in [0.2, 0.25) is 0 Å². The molecule has 156 valence electrons. The second-order valence-corrected chi connectivity index (χ2v) is 11.5. The molecule has 1 aliphatic heterocycles. The van der Waals surface area contributed by atoms with Crippen LogP contribution in [0.25, 0.3) is 0 Å². The van der Waals surface area contributed by atoms with E-state index in [1.165, 1.54) is 15.9 Å². The molecule has 0 saturated carbocycles. The Balaban J connectivity index is 0.00000256. The van der Waals surface area contributed by atoms with E-state index >= 15 is 0 Å². The molecule has 1 fully saturated rings. The first-order chi connectivity index (χ1) is 14.2. The average molecular weight is 529 g/mol. The van der Waals surface area contributed by atoms with E-state index < -0.39 is 7.26 Å². The minimum absolute atomic E-state index is 0. The van der Waals surface area contributed by atoms with Gasteiger partial charge in [-0.1, -0.05) is 54.6 Å². The molecule has 3 aromatic rings. The van der Waals surface area contributed by atoms with Gasteiger partial charge in [-0.25, -0.2) is 0 Å². The Morgan fingerprint density at radius 3 is 1.47 bits per heavy atom. The number of hydrogen-bond acceptors (Lipinski definition) is 1. The Labute approximate surface area is 198 Å². The van der Waals surface area contributed by atoms with E-state index in [0.717, 1.165) is 32.1 Å². The molecule has 2 nitrogen and oxygen atoms in total. The Bertz CT molecular complexity index is 828. The number of nitrogens with zero attached hydrogens (tertiary/aromatic N) is 1. The van der Waals surface area contributed by atoms with E-state index in [0.29, 0.717) is 5.92 Å². The number of piperidine rings is 1. The van der Waals surface area contributed by atoms with Gasteiger partial charge in [0.2, 0.25) is 5.91 Å². The number of rotatable bonds is 5. The minimum Gasteiger partial charge on any atom is -1.00 e. The van der Waals surface area contributed by atoms with E-state index in [9.17, 15) is 4.79 Å². The van der Waals surface area contributed by atoms with Crippen LogP contribution in [0.5, 0.6) is 0 Å². The summed E-state index contributed by atoms with van der Waals surface area (Å²) in [7, 11) is -1.77. The number of amides is 1. The Morgan fingerprint density at radius 1 is 0.767 bits per heavy atom. The summed E-state index contributed by atoms with van der Waals surface area (Å²) < 4.78 is 0. The van der Waals surface area contributed by atoms with E-state index in [1.807, 2.05) is 4.90 Å². The number of likely N-dealkylation sites (tertiary alicyclic amines) is 1. The molecular formula is C26H29INOP. The Morgan fingerprint density at radius 2 is 1.13 bits per heavy atom. The third-order valence-corrected chi connectivity index (χ3v) is 10.8. The van der Waals surface area contributed by atoms with E-state index in [1.54, 1.807) is 6.92 Å². The van der Waals surface area contributed by atoms with Crippen molar-refractivity contribution in [3.05, 3.63) is 91.0 Å². The molecule has 0 aliphatic carbocycles. The van der Waals surface area contributed by atoms with Crippen LogP contribution in [-0.2, 0) is 4.79 Å². The summed E-state index contributed by atoms with van der Waals surface area (Å²) in [6.07, 6.45) is 3.35. The first-order valence-corrected chi connectivity index (χ1v) is 12.5. The van der Waals surface area contributed by atoms with Crippen molar-refractivity contribution < 1.29 is 28.8 Å². The highest BCUT2D eigenvalue weighted by Gasteiger charge is 2.47. The average Bonchev–Trinajstić information content (AvgIpc) is 2.79. The van der Waals surface area contributed by atoms with E-state index in [2.05, 4.69) is 91.0 Å². The zero-order valence-electron chi connectivity index (χ0n) is 17.5. The molecule has 0 unspecified atom stereocenters. The minimum atomic E-state index is -1.77. The smallest absolute Gasteiger partial charge is 0.219 e. The lowest BCUT2D eigenvalue weighted by atomic mass is 9.99. The predicted octanol–water partition coefficient (Wildman–Crippen LogP) is 1.24. The highest BCUT2D eigenvalue weighted by atomic mass is 127. The van der Waals surface area contributed by atoms with Gasteiger partial charge in [0.05, 0.1) is 6.16 Å². The molecule has 1 aliphatic rings. The van der Waals surface area contributed by atoms with Crippen molar-refractivity contribution >= 4 is 29.1 Å². The van der Waals surface area contributed by atoms with Crippen molar-refractivity contribution in [1.82, 2.24) is 4.90 Å². The molecule has 0 radical (unpaired) electrons. The summed E-state index contributed by atoms with van der Waals surface area (Å²) >= 11 is 0. The molecule has 4 heteroatoms. The molecule has 0 N–H and O–H groups in total. The first kappa shape index (κ1) is 23.0. The summed E-state index contributed by atoms with van der Waals surface area (Å²) in [6, 6.07) is 33.3. The Kier molecular flexibility index (Phi) is 8.07. The molecule has 1 amide bonds. The van der Waals surface area contributed by atoms with Gasteiger partial charge in [0, 0.05) is 20.0 Å². The van der Waals surface area contributed by atoms with Crippen molar-refractivity contribution in [3.8, 4) is 0 Å². The molecule has 30 heavy (non-hydrogen) atoms. The molecule has 1 saturated heterocycles. The van der Waals surface area contributed by atoms with Crippen LogP contribution in [0.1, 0.15) is 19.8 Å². The van der Waals surface area contributed by atoms with Gasteiger partial charge in [-0.05, 0) is 55.2 Å². The van der Waals surface area contributed by atoms with Gasteiger partial charge in [0.15, 0.2) is 0 Å². The highest BCUT2D eigenvalue weighted by Crippen LogP contribution is 2.57. The van der Waals surface area contributed by atoms with Crippen LogP contribution in [0.3, 0.4) is 0 Å². The molecular weight excluding hydrogens is 500 g/mol. The van der Waals surface area contributed by atoms with Gasteiger partial charge in [0.1, 0.15) is 23.2 Å². The van der Waals surface area contributed by atoms with Gasteiger partial charge in [-0.15, -0.1) is 0 Å². The molecule has 3 aromatic carbocycles. The number of halogens is 1. The summed E-state index contributed by atoms with van der Waals surface area (Å²) in [5.74, 6) is 0.832. The third-order valence-electron chi connectivity index (χ3n) is 6.18. The fourth-order valence-corrected chi connectivity index (χ4v) is 9.34. The van der Waals surface area contributed by atoms with Crippen molar-refractivity contribution in [1.29, 1.82) is 0 Å². The van der Waals surface area contributed by atoms with Gasteiger partial charge in [0.25, 0.3) is 0 Å². The summed E-state index contributed by atoms with van der Waals surface area (Å²) in [6.45, 7) is 3.46. The van der Waals surface area contributed by atoms with Gasteiger partial charge in [-0.3, -0.25) is 4.79 Å². The topological polar surface area (TPSA) is 20.3 Å². The zero-order valence-corrected chi connectivity index (χ0v) is 20.5. The number of carbonyl (C=O) groups is 1. The largest absolute Gasteiger partial charge is 1.00 e. The fraction of sp³-hybridized carbons (Fsp3) is 0.269. The van der Waals surface area contributed by atoms with Crippen molar-refractivity contribution in [2.24, 2.45) is 5.92 Å². The molecule has 0 aromatic heterocycles. The fourth-order valence-electron chi connectivity index (χ4n) is 4.63. The lowest BCUT2D eigenvalue weighted by Gasteiger charge is -2.35. The van der Waals surface area contributed by atoms with Crippen LogP contribution in [0.15, 0.2) is 91.0 Å². The van der Waals surface area contributed by atoms with Crippen LogP contribution in [0.4, 0.5) is 0 Å². The number of carbonyl (C=O) groups excluding carboxylic acids is 1. The second-order valence-electron chi connectivity index (χ2n) is 7.95. The monoisotopic (exact) mass is 529 g/mol. The number of hydrogen-bond donors (Lipinski definition) is 0. The third kappa shape index (κ3) is 4.78. The summed E-state index contributed by atoms with van der Waals surface area (Å²) in [5, 5.41) is 4.35. The second kappa shape index (κ2) is 10.5. The summed E-state index contributed by atoms with van der Waals surface area (Å²) in [5.41, 5.74) is 0. The lowest BCUT2D eigenvalue weighted by molar-refractivity contribution is -0.130. The van der Waals surface area contributed by atoms with Gasteiger partial charge >= 0.3 is 0 Å². The quantitative estimate of drug-likeness (QED) is 0.360. The maximum atomic E-state index is 11.8. The van der Waals surface area contributed by atoms with E-state index in [-0.39, 0.29) is 29.9 Å². The summed E-state index contributed by atoms with van der Waals surface area (Å²) in [4.78, 5) is 13.8.